The van der Waals surface area contributed by atoms with Crippen molar-refractivity contribution in [2.45, 2.75) is 66.1 Å². The number of halogens is 1. The Labute approximate surface area is 164 Å². The first-order chi connectivity index (χ1) is 11.7. The molecule has 150 valence electrons. The Kier molecular flexibility index (Phi) is 9.34. The Bertz CT molecular complexity index is 517. The van der Waals surface area contributed by atoms with Crippen LogP contribution in [0.5, 0.6) is 0 Å². The molecule has 1 atom stereocenters. The Morgan fingerprint density at radius 1 is 1.00 bits per heavy atom. The van der Waals surface area contributed by atoms with Crippen LogP contribution in [0.2, 0.25) is 0 Å². The van der Waals surface area contributed by atoms with Crippen LogP contribution in [0.3, 0.4) is 0 Å². The van der Waals surface area contributed by atoms with Crippen LogP contribution in [-0.2, 0) is 19.0 Å². The van der Waals surface area contributed by atoms with Gasteiger partial charge in [-0.15, -0.1) is 0 Å². The van der Waals surface area contributed by atoms with Gasteiger partial charge in [-0.25, -0.2) is 19.3 Å². The zero-order valence-electron chi connectivity index (χ0n) is 16.8. The van der Waals surface area contributed by atoms with Gasteiger partial charge in [0.05, 0.1) is 11.6 Å². The summed E-state index contributed by atoms with van der Waals surface area (Å²) >= 11 is 3.14. The van der Waals surface area contributed by atoms with Crippen LogP contribution < -0.4 is 0 Å². The van der Waals surface area contributed by atoms with Crippen molar-refractivity contribution >= 4 is 34.1 Å². The molecule has 0 fully saturated rings. The first kappa shape index (κ1) is 24.4. The molecule has 7 nitrogen and oxygen atoms in total. The van der Waals surface area contributed by atoms with Gasteiger partial charge in [-0.05, 0) is 69.8 Å². The Hall–Kier alpha value is -1.57. The van der Waals surface area contributed by atoms with E-state index in [0.717, 1.165) is 4.90 Å². The molecular weight excluding hydrogens is 406 g/mol. The third-order valence-electron chi connectivity index (χ3n) is 2.85. The van der Waals surface area contributed by atoms with Crippen LogP contribution in [0.4, 0.5) is 9.59 Å². The predicted octanol–water partition coefficient (Wildman–Crippen LogP) is 4.64. The highest BCUT2D eigenvalue weighted by Crippen LogP contribution is 2.18. The minimum Gasteiger partial charge on any atom is -0.465 e. The molecule has 8 heteroatoms. The number of allylic oxidation sites excluding steroid dienone is 1. The van der Waals surface area contributed by atoms with Crippen LogP contribution in [0.15, 0.2) is 10.6 Å². The first-order valence-electron chi connectivity index (χ1n) is 8.35. The van der Waals surface area contributed by atoms with E-state index in [4.69, 9.17) is 9.47 Å². The number of carbonyl (C=O) groups is 3. The van der Waals surface area contributed by atoms with Crippen molar-refractivity contribution in [1.82, 2.24) is 4.90 Å². The third kappa shape index (κ3) is 10.4. The molecule has 0 aliphatic rings. The van der Waals surface area contributed by atoms with Crippen LogP contribution in [0.25, 0.3) is 0 Å². The second-order valence-corrected chi connectivity index (χ2v) is 8.74. The molecule has 0 saturated heterocycles. The van der Waals surface area contributed by atoms with E-state index in [9.17, 15) is 14.4 Å². The van der Waals surface area contributed by atoms with Crippen molar-refractivity contribution in [1.29, 1.82) is 0 Å². The standard InChI is InChI=1S/C18H30BrNO6/c1-12(11-13(19)14(21)24-8)9-10-20(15(22)25-17(2,3)4)16(23)26-18(5,6)7/h11-12H,9-10H2,1-8H3/b13-11+. The molecule has 26 heavy (non-hydrogen) atoms. The third-order valence-corrected chi connectivity index (χ3v) is 3.44. The van der Waals surface area contributed by atoms with Crippen molar-refractivity contribution in [3.8, 4) is 0 Å². The average molecular weight is 436 g/mol. The van der Waals surface area contributed by atoms with E-state index in [2.05, 4.69) is 20.7 Å². The number of ether oxygens (including phenoxy) is 3. The van der Waals surface area contributed by atoms with E-state index in [1.165, 1.54) is 7.11 Å². The molecule has 0 aromatic rings. The minimum atomic E-state index is -0.769. The minimum absolute atomic E-state index is 0.0863. The van der Waals surface area contributed by atoms with Crippen LogP contribution in [0, 0.1) is 5.92 Å². The quantitative estimate of drug-likeness (QED) is 0.355. The van der Waals surface area contributed by atoms with Gasteiger partial charge in [0.15, 0.2) is 0 Å². The van der Waals surface area contributed by atoms with Crippen LogP contribution in [0.1, 0.15) is 54.9 Å². The molecule has 0 N–H and O–H groups in total. The van der Waals surface area contributed by atoms with Gasteiger partial charge in [0.1, 0.15) is 11.2 Å². The van der Waals surface area contributed by atoms with Crippen molar-refractivity contribution in [2.24, 2.45) is 5.92 Å². The predicted molar refractivity (Wildman–Crippen MR) is 102 cm³/mol. The summed E-state index contributed by atoms with van der Waals surface area (Å²) in [6, 6.07) is 0. The highest BCUT2D eigenvalue weighted by atomic mass is 79.9. The van der Waals surface area contributed by atoms with Crippen molar-refractivity contribution in [2.75, 3.05) is 13.7 Å². The fraction of sp³-hybridized carbons (Fsp3) is 0.722. The molecule has 0 aromatic heterocycles. The SMILES string of the molecule is COC(=O)/C(Br)=C\C(C)CCN(C(=O)OC(C)(C)C)C(=O)OC(C)(C)C. The molecule has 0 aromatic carbocycles. The summed E-state index contributed by atoms with van der Waals surface area (Å²) in [6.45, 7) is 12.3. The van der Waals surface area contributed by atoms with Gasteiger partial charge in [0.2, 0.25) is 0 Å². The van der Waals surface area contributed by atoms with Gasteiger partial charge in [0, 0.05) is 6.54 Å². The zero-order valence-corrected chi connectivity index (χ0v) is 18.4. The van der Waals surface area contributed by atoms with Gasteiger partial charge in [-0.2, -0.15) is 0 Å². The van der Waals surface area contributed by atoms with E-state index >= 15 is 0 Å². The topological polar surface area (TPSA) is 82.1 Å². The van der Waals surface area contributed by atoms with E-state index in [1.54, 1.807) is 47.6 Å². The lowest BCUT2D eigenvalue weighted by molar-refractivity contribution is -0.135. The number of amides is 2. The lowest BCUT2D eigenvalue weighted by Crippen LogP contribution is -2.44. The van der Waals surface area contributed by atoms with E-state index in [0.29, 0.717) is 6.42 Å². The Morgan fingerprint density at radius 2 is 1.42 bits per heavy atom. The molecule has 0 rings (SSSR count). The summed E-state index contributed by atoms with van der Waals surface area (Å²) in [4.78, 5) is 37.1. The molecule has 0 aliphatic heterocycles. The van der Waals surface area contributed by atoms with Gasteiger partial charge in [0.25, 0.3) is 0 Å². The molecule has 0 heterocycles. The highest BCUT2D eigenvalue weighted by molar-refractivity contribution is 9.12. The number of hydrogen-bond acceptors (Lipinski definition) is 6. The summed E-state index contributed by atoms with van der Waals surface area (Å²) in [5.74, 6) is -0.594. The monoisotopic (exact) mass is 435 g/mol. The van der Waals surface area contributed by atoms with Crippen molar-refractivity contribution < 1.29 is 28.6 Å². The number of methoxy groups -OCH3 is 1. The normalized spacial score (nSPS) is 13.7. The smallest absolute Gasteiger partial charge is 0.419 e. The van der Waals surface area contributed by atoms with E-state index in [-0.39, 0.29) is 16.9 Å². The fourth-order valence-corrected chi connectivity index (χ4v) is 2.34. The molecular formula is C18H30BrNO6. The summed E-state index contributed by atoms with van der Waals surface area (Å²) in [6.07, 6.45) is 0.545. The van der Waals surface area contributed by atoms with E-state index < -0.39 is 29.4 Å². The zero-order chi connectivity index (χ0) is 20.7. The van der Waals surface area contributed by atoms with Gasteiger partial charge >= 0.3 is 18.2 Å². The number of imide groups is 1. The number of nitrogens with zero attached hydrogens (tertiary/aromatic N) is 1. The lowest BCUT2D eigenvalue weighted by Gasteiger charge is -2.29. The molecule has 0 aliphatic carbocycles. The Balaban J connectivity index is 5.15. The van der Waals surface area contributed by atoms with Crippen molar-refractivity contribution in [3.63, 3.8) is 0 Å². The summed E-state index contributed by atoms with van der Waals surface area (Å²) in [5.41, 5.74) is -1.48. The number of esters is 1. The van der Waals surface area contributed by atoms with Crippen LogP contribution in [-0.4, -0.2) is 47.9 Å². The summed E-state index contributed by atoms with van der Waals surface area (Å²) in [5, 5.41) is 0. The van der Waals surface area contributed by atoms with Gasteiger partial charge in [-0.3, -0.25) is 0 Å². The summed E-state index contributed by atoms with van der Waals surface area (Å²) < 4.78 is 15.5. The lowest BCUT2D eigenvalue weighted by atomic mass is 10.1. The highest BCUT2D eigenvalue weighted by Gasteiger charge is 2.31. The maximum atomic E-state index is 12.4. The summed E-state index contributed by atoms with van der Waals surface area (Å²) in [7, 11) is 1.29. The van der Waals surface area contributed by atoms with Crippen LogP contribution >= 0.6 is 15.9 Å². The Morgan fingerprint density at radius 3 is 1.77 bits per heavy atom. The number of hydrogen-bond donors (Lipinski definition) is 0. The van der Waals surface area contributed by atoms with Crippen molar-refractivity contribution in [3.05, 3.63) is 10.6 Å². The molecule has 0 bridgehead atoms. The average Bonchev–Trinajstić information content (AvgIpc) is 2.42. The maximum Gasteiger partial charge on any atom is 0.419 e. The second-order valence-electron chi connectivity index (χ2n) is 7.88. The molecule has 0 radical (unpaired) electrons. The molecule has 0 saturated carbocycles. The molecule has 0 spiro atoms. The fourth-order valence-electron chi connectivity index (χ4n) is 1.72. The number of rotatable bonds is 5. The number of carbonyl (C=O) groups excluding carboxylic acids is 3. The molecule has 2 amide bonds. The second kappa shape index (κ2) is 9.94. The van der Waals surface area contributed by atoms with Gasteiger partial charge < -0.3 is 14.2 Å². The molecule has 1 unspecified atom stereocenters. The van der Waals surface area contributed by atoms with E-state index in [1.807, 2.05) is 6.92 Å². The maximum absolute atomic E-state index is 12.4. The first-order valence-corrected chi connectivity index (χ1v) is 9.14. The largest absolute Gasteiger partial charge is 0.465 e. The van der Waals surface area contributed by atoms with Gasteiger partial charge in [-0.1, -0.05) is 13.0 Å².